The van der Waals surface area contributed by atoms with E-state index in [1.165, 1.54) is 11.1 Å². The Morgan fingerprint density at radius 2 is 1.93 bits per heavy atom. The van der Waals surface area contributed by atoms with E-state index >= 15 is 0 Å². The molecule has 3 heteroatoms. The van der Waals surface area contributed by atoms with Crippen molar-refractivity contribution in [1.29, 1.82) is 0 Å². The van der Waals surface area contributed by atoms with E-state index in [1.807, 2.05) is 24.3 Å². The molecule has 2 aliphatic rings. The fraction of sp³-hybridized carbons (Fsp3) is 0.481. The van der Waals surface area contributed by atoms with Gasteiger partial charge in [-0.2, -0.15) is 0 Å². The Kier molecular flexibility index (Phi) is 6.19. The molecule has 0 N–H and O–H groups in total. The predicted octanol–water partition coefficient (Wildman–Crippen LogP) is 7.02. The molecule has 4 atom stereocenters. The van der Waals surface area contributed by atoms with Crippen molar-refractivity contribution in [3.63, 3.8) is 0 Å². The van der Waals surface area contributed by atoms with Gasteiger partial charge in [-0.05, 0) is 77.1 Å². The first-order chi connectivity index (χ1) is 14.4. The summed E-state index contributed by atoms with van der Waals surface area (Å²) < 4.78 is 19.3. The number of hydrogen-bond donors (Lipinski definition) is 0. The van der Waals surface area contributed by atoms with Gasteiger partial charge >= 0.3 is 0 Å². The number of benzene rings is 2. The van der Waals surface area contributed by atoms with Crippen LogP contribution in [0.2, 0.25) is 0 Å². The third-order valence-corrected chi connectivity index (χ3v) is 6.49. The van der Waals surface area contributed by atoms with E-state index in [0.717, 1.165) is 42.7 Å². The maximum Gasteiger partial charge on any atom is 0.126 e. The van der Waals surface area contributed by atoms with Crippen LogP contribution >= 0.6 is 0 Å². The van der Waals surface area contributed by atoms with Gasteiger partial charge < -0.3 is 14.2 Å². The number of hydrogen-bond acceptors (Lipinski definition) is 3. The fourth-order valence-corrected chi connectivity index (χ4v) is 4.78. The van der Waals surface area contributed by atoms with Crippen LogP contribution in [0.3, 0.4) is 0 Å². The van der Waals surface area contributed by atoms with Crippen LogP contribution in [0.25, 0.3) is 0 Å². The standard InChI is InChI=1S/C27H34O3/c1-19(2)9-8-16-27(4)24-14-12-20(3)29-26(24)23-17-22(13-15-25(23)30-27)28-18-21-10-6-5-7-11-21/h5-7,9-11,13,15,17,20,24,26H,8,12,14,16,18H2,1-4H3/t20-,24-,26+,27+/m1/s1. The Balaban J connectivity index is 1.57. The summed E-state index contributed by atoms with van der Waals surface area (Å²) in [4.78, 5) is 0. The summed E-state index contributed by atoms with van der Waals surface area (Å²) in [5, 5.41) is 0. The predicted molar refractivity (Wildman–Crippen MR) is 121 cm³/mol. The second kappa shape index (κ2) is 8.85. The van der Waals surface area contributed by atoms with Crippen LogP contribution in [-0.2, 0) is 11.3 Å². The Hall–Kier alpha value is -2.26. The molecule has 0 unspecified atom stereocenters. The number of allylic oxidation sites excluding steroid dienone is 2. The van der Waals surface area contributed by atoms with Crippen molar-refractivity contribution in [2.75, 3.05) is 0 Å². The summed E-state index contributed by atoms with van der Waals surface area (Å²) >= 11 is 0. The maximum absolute atomic E-state index is 6.66. The molecular weight excluding hydrogens is 372 g/mol. The van der Waals surface area contributed by atoms with Crippen molar-refractivity contribution in [3.05, 3.63) is 71.3 Å². The molecule has 30 heavy (non-hydrogen) atoms. The maximum atomic E-state index is 6.66. The van der Waals surface area contributed by atoms with Crippen molar-refractivity contribution >= 4 is 0 Å². The minimum atomic E-state index is -0.212. The van der Waals surface area contributed by atoms with Crippen molar-refractivity contribution in [1.82, 2.24) is 0 Å². The average molecular weight is 407 g/mol. The number of fused-ring (bicyclic) bond motifs is 3. The molecule has 0 saturated carbocycles. The normalized spacial score (nSPS) is 27.4. The largest absolute Gasteiger partial charge is 0.489 e. The average Bonchev–Trinajstić information content (AvgIpc) is 2.73. The van der Waals surface area contributed by atoms with E-state index in [2.05, 4.69) is 58.0 Å². The third kappa shape index (κ3) is 4.57. The lowest BCUT2D eigenvalue weighted by atomic mass is 9.72. The van der Waals surface area contributed by atoms with Crippen LogP contribution in [0.4, 0.5) is 0 Å². The Morgan fingerprint density at radius 3 is 2.70 bits per heavy atom. The highest BCUT2D eigenvalue weighted by Crippen LogP contribution is 2.52. The molecule has 0 aliphatic carbocycles. The van der Waals surface area contributed by atoms with Gasteiger partial charge in [-0.25, -0.2) is 0 Å². The highest BCUT2D eigenvalue weighted by molar-refractivity contribution is 5.44. The third-order valence-electron chi connectivity index (χ3n) is 6.49. The van der Waals surface area contributed by atoms with E-state index in [4.69, 9.17) is 14.2 Å². The molecule has 0 amide bonds. The lowest BCUT2D eigenvalue weighted by molar-refractivity contribution is -0.152. The molecule has 0 bridgehead atoms. The van der Waals surface area contributed by atoms with Gasteiger partial charge in [0.1, 0.15) is 23.7 Å². The summed E-state index contributed by atoms with van der Waals surface area (Å²) in [6.07, 6.45) is 6.90. The Bertz CT molecular complexity index is 884. The number of rotatable bonds is 6. The van der Waals surface area contributed by atoms with Gasteiger partial charge in [-0.3, -0.25) is 0 Å². The minimum absolute atomic E-state index is 0.0643. The van der Waals surface area contributed by atoms with Crippen LogP contribution in [0.5, 0.6) is 11.5 Å². The van der Waals surface area contributed by atoms with Gasteiger partial charge in [-0.15, -0.1) is 0 Å². The second-order valence-electron chi connectivity index (χ2n) is 9.26. The monoisotopic (exact) mass is 406 g/mol. The molecule has 0 spiro atoms. The molecule has 1 saturated heterocycles. The Morgan fingerprint density at radius 1 is 1.13 bits per heavy atom. The van der Waals surface area contributed by atoms with Crippen LogP contribution in [-0.4, -0.2) is 11.7 Å². The SMILES string of the molecule is CC(C)=CCC[C@]1(C)Oc2ccc(OCc3ccccc3)cc2[C@@H]2O[C@H](C)CC[C@H]21. The molecule has 2 heterocycles. The molecule has 4 rings (SSSR count). The smallest absolute Gasteiger partial charge is 0.126 e. The van der Waals surface area contributed by atoms with Crippen molar-refractivity contribution < 1.29 is 14.2 Å². The van der Waals surface area contributed by atoms with Gasteiger partial charge in [0.05, 0.1) is 12.2 Å². The van der Waals surface area contributed by atoms with Crippen molar-refractivity contribution in [2.45, 2.75) is 77.8 Å². The summed E-state index contributed by atoms with van der Waals surface area (Å²) in [6, 6.07) is 16.5. The molecule has 2 aromatic rings. The first-order valence-corrected chi connectivity index (χ1v) is 11.2. The zero-order chi connectivity index (χ0) is 21.1. The van der Waals surface area contributed by atoms with Crippen LogP contribution in [0, 0.1) is 5.92 Å². The molecule has 1 fully saturated rings. The lowest BCUT2D eigenvalue weighted by Crippen LogP contribution is -2.50. The van der Waals surface area contributed by atoms with Crippen LogP contribution < -0.4 is 9.47 Å². The van der Waals surface area contributed by atoms with Gasteiger partial charge in [0.25, 0.3) is 0 Å². The molecule has 2 aliphatic heterocycles. The molecule has 3 nitrogen and oxygen atoms in total. The highest BCUT2D eigenvalue weighted by atomic mass is 16.5. The summed E-state index contributed by atoms with van der Waals surface area (Å²) in [6.45, 7) is 9.33. The Labute approximate surface area is 181 Å². The van der Waals surface area contributed by atoms with Gasteiger partial charge in [0.2, 0.25) is 0 Å². The van der Waals surface area contributed by atoms with Crippen LogP contribution in [0.15, 0.2) is 60.2 Å². The van der Waals surface area contributed by atoms with Crippen molar-refractivity contribution in [3.8, 4) is 11.5 Å². The number of ether oxygens (including phenoxy) is 3. The summed E-state index contributed by atoms with van der Waals surface area (Å²) in [5.74, 6) is 2.17. The second-order valence-corrected chi connectivity index (χ2v) is 9.26. The van der Waals surface area contributed by atoms with E-state index in [1.54, 1.807) is 0 Å². The molecular formula is C27H34O3. The highest BCUT2D eigenvalue weighted by Gasteiger charge is 2.49. The quantitative estimate of drug-likeness (QED) is 0.482. The van der Waals surface area contributed by atoms with Gasteiger partial charge in [0.15, 0.2) is 0 Å². The summed E-state index contributed by atoms with van der Waals surface area (Å²) in [7, 11) is 0. The zero-order valence-corrected chi connectivity index (χ0v) is 18.7. The van der Waals surface area contributed by atoms with E-state index in [0.29, 0.717) is 12.5 Å². The van der Waals surface area contributed by atoms with E-state index < -0.39 is 0 Å². The topological polar surface area (TPSA) is 27.7 Å². The molecule has 2 aromatic carbocycles. The fourth-order valence-electron chi connectivity index (χ4n) is 4.78. The minimum Gasteiger partial charge on any atom is -0.489 e. The lowest BCUT2D eigenvalue weighted by Gasteiger charge is -2.50. The first-order valence-electron chi connectivity index (χ1n) is 11.2. The summed E-state index contributed by atoms with van der Waals surface area (Å²) in [5.41, 5.74) is 3.45. The first kappa shape index (κ1) is 21.0. The molecule has 0 aromatic heterocycles. The van der Waals surface area contributed by atoms with Crippen molar-refractivity contribution in [2.24, 2.45) is 5.92 Å². The zero-order valence-electron chi connectivity index (χ0n) is 18.7. The van der Waals surface area contributed by atoms with Gasteiger partial charge in [0, 0.05) is 11.5 Å². The molecule has 0 radical (unpaired) electrons. The van der Waals surface area contributed by atoms with Crippen LogP contribution in [0.1, 0.15) is 70.6 Å². The van der Waals surface area contributed by atoms with E-state index in [-0.39, 0.29) is 17.8 Å². The molecule has 160 valence electrons. The van der Waals surface area contributed by atoms with E-state index in [9.17, 15) is 0 Å². The van der Waals surface area contributed by atoms with Gasteiger partial charge in [-0.1, -0.05) is 42.0 Å².